The number of benzene rings is 2. The molecule has 3 rings (SSSR count). The molecular weight excluding hydrogens is 312 g/mol. The van der Waals surface area contributed by atoms with Crippen LogP contribution in [-0.2, 0) is 0 Å². The molecule has 0 heterocycles. The van der Waals surface area contributed by atoms with Crippen LogP contribution < -0.4 is 11.5 Å². The van der Waals surface area contributed by atoms with Crippen LogP contribution in [0.2, 0.25) is 0 Å². The Morgan fingerprint density at radius 3 is 2.32 bits per heavy atom. The summed E-state index contributed by atoms with van der Waals surface area (Å²) < 4.78 is 0. The van der Waals surface area contributed by atoms with Crippen molar-refractivity contribution in [3.63, 3.8) is 0 Å². The molecule has 1 aliphatic carbocycles. The number of rotatable bonds is 3. The van der Waals surface area contributed by atoms with E-state index in [0.717, 1.165) is 24.0 Å². The van der Waals surface area contributed by atoms with Crippen LogP contribution in [0, 0.1) is 0 Å². The molecule has 1 aliphatic rings. The Balaban J connectivity index is 0.000000186. The van der Waals surface area contributed by atoms with E-state index in [2.05, 4.69) is 6.92 Å². The molecular formula is C21H26N2O2. The van der Waals surface area contributed by atoms with Gasteiger partial charge in [-0.2, -0.15) is 0 Å². The second kappa shape index (κ2) is 8.51. The summed E-state index contributed by atoms with van der Waals surface area (Å²) in [5.41, 5.74) is 16.2. The molecule has 6 N–H and O–H groups in total. The van der Waals surface area contributed by atoms with Crippen LogP contribution in [0.1, 0.15) is 26.2 Å². The minimum absolute atomic E-state index is 0.318. The van der Waals surface area contributed by atoms with E-state index < -0.39 is 5.79 Å². The highest BCUT2D eigenvalue weighted by Gasteiger charge is 2.19. The first-order chi connectivity index (χ1) is 11.9. The van der Waals surface area contributed by atoms with Crippen LogP contribution in [0.3, 0.4) is 0 Å². The third-order valence-corrected chi connectivity index (χ3v) is 3.99. The summed E-state index contributed by atoms with van der Waals surface area (Å²) in [7, 11) is 0. The smallest absolute Gasteiger partial charge is 0.186 e. The van der Waals surface area contributed by atoms with Gasteiger partial charge < -0.3 is 21.7 Å². The number of para-hydroxylation sites is 1. The Morgan fingerprint density at radius 1 is 1.00 bits per heavy atom. The van der Waals surface area contributed by atoms with Crippen LogP contribution >= 0.6 is 0 Å². The van der Waals surface area contributed by atoms with Crippen molar-refractivity contribution in [3.8, 4) is 11.1 Å². The highest BCUT2D eigenvalue weighted by atomic mass is 16.5. The predicted octanol–water partition coefficient (Wildman–Crippen LogP) is 3.87. The standard InChI is InChI=1S/C12H12N2.C9H14O2/c13-11-8-4-7-10(12(11)14)9-5-2-1-3-6-9;1-2-3-8-4-6-9(10,11)7-5-8/h1-8H,13-14H2;4-6,10-11H,2-3,7H2,1H3. The van der Waals surface area contributed by atoms with E-state index >= 15 is 0 Å². The van der Waals surface area contributed by atoms with E-state index in [1.807, 2.05) is 54.6 Å². The van der Waals surface area contributed by atoms with Crippen LogP contribution in [0.4, 0.5) is 11.4 Å². The molecule has 0 aromatic heterocycles. The molecule has 4 heteroatoms. The first kappa shape index (κ1) is 18.8. The zero-order valence-electron chi connectivity index (χ0n) is 14.5. The van der Waals surface area contributed by atoms with Gasteiger partial charge in [0.15, 0.2) is 5.79 Å². The molecule has 0 saturated carbocycles. The number of hydrogen-bond acceptors (Lipinski definition) is 4. The average molecular weight is 338 g/mol. The largest absolute Gasteiger partial charge is 0.397 e. The van der Waals surface area contributed by atoms with Gasteiger partial charge in [0, 0.05) is 12.0 Å². The van der Waals surface area contributed by atoms with E-state index in [0.29, 0.717) is 17.8 Å². The molecule has 0 fully saturated rings. The highest BCUT2D eigenvalue weighted by Crippen LogP contribution is 2.29. The van der Waals surface area contributed by atoms with E-state index in [-0.39, 0.29) is 0 Å². The summed E-state index contributed by atoms with van der Waals surface area (Å²) in [6.45, 7) is 2.11. The monoisotopic (exact) mass is 338 g/mol. The van der Waals surface area contributed by atoms with E-state index in [1.165, 1.54) is 11.6 Å². The molecule has 4 nitrogen and oxygen atoms in total. The van der Waals surface area contributed by atoms with Gasteiger partial charge in [-0.05, 0) is 24.1 Å². The quantitative estimate of drug-likeness (QED) is 0.505. The molecule has 0 aliphatic heterocycles. The third-order valence-electron chi connectivity index (χ3n) is 3.99. The second-order valence-electron chi connectivity index (χ2n) is 6.12. The summed E-state index contributed by atoms with van der Waals surface area (Å²) in [5, 5.41) is 18.2. The maximum absolute atomic E-state index is 9.08. The maximum Gasteiger partial charge on any atom is 0.186 e. The number of nitrogen functional groups attached to an aromatic ring is 2. The summed E-state index contributed by atoms with van der Waals surface area (Å²) in [6, 6.07) is 15.7. The van der Waals surface area contributed by atoms with Gasteiger partial charge in [-0.3, -0.25) is 0 Å². The Morgan fingerprint density at radius 2 is 1.72 bits per heavy atom. The second-order valence-corrected chi connectivity index (χ2v) is 6.12. The Kier molecular flexibility index (Phi) is 6.39. The normalized spacial score (nSPS) is 15.1. The van der Waals surface area contributed by atoms with Gasteiger partial charge >= 0.3 is 0 Å². The van der Waals surface area contributed by atoms with Crippen molar-refractivity contribution < 1.29 is 10.2 Å². The van der Waals surface area contributed by atoms with Gasteiger partial charge in [0.05, 0.1) is 11.4 Å². The van der Waals surface area contributed by atoms with Gasteiger partial charge in [0.2, 0.25) is 0 Å². The summed E-state index contributed by atoms with van der Waals surface area (Å²) >= 11 is 0. The molecule has 0 radical (unpaired) electrons. The lowest BCUT2D eigenvalue weighted by Gasteiger charge is -2.19. The molecule has 2 aromatic rings. The topological polar surface area (TPSA) is 92.5 Å². The molecule has 0 bridgehead atoms. The Bertz CT molecular complexity index is 750. The Hall–Kier alpha value is -2.56. The zero-order chi connectivity index (χ0) is 18.3. The van der Waals surface area contributed by atoms with Gasteiger partial charge in [-0.15, -0.1) is 0 Å². The number of nitrogens with two attached hydrogens (primary N) is 2. The van der Waals surface area contributed by atoms with Crippen molar-refractivity contribution in [2.24, 2.45) is 0 Å². The lowest BCUT2D eigenvalue weighted by molar-refractivity contribution is -0.115. The molecule has 0 saturated heterocycles. The first-order valence-corrected chi connectivity index (χ1v) is 8.45. The molecule has 0 amide bonds. The molecule has 0 atom stereocenters. The molecule has 0 spiro atoms. The van der Waals surface area contributed by atoms with Crippen LogP contribution in [-0.4, -0.2) is 16.0 Å². The minimum Gasteiger partial charge on any atom is -0.397 e. The molecule has 25 heavy (non-hydrogen) atoms. The van der Waals surface area contributed by atoms with E-state index in [9.17, 15) is 0 Å². The highest BCUT2D eigenvalue weighted by molar-refractivity contribution is 5.84. The summed E-state index contributed by atoms with van der Waals surface area (Å²) in [5.74, 6) is -1.60. The molecule has 2 aromatic carbocycles. The molecule has 132 valence electrons. The van der Waals surface area contributed by atoms with E-state index in [1.54, 1.807) is 6.08 Å². The zero-order valence-corrected chi connectivity index (χ0v) is 14.5. The summed E-state index contributed by atoms with van der Waals surface area (Å²) in [4.78, 5) is 0. The summed E-state index contributed by atoms with van der Waals surface area (Å²) in [6.07, 6.45) is 7.54. The van der Waals surface area contributed by atoms with Crippen molar-refractivity contribution in [1.29, 1.82) is 0 Å². The predicted molar refractivity (Wildman–Crippen MR) is 105 cm³/mol. The molecule has 0 unspecified atom stereocenters. The van der Waals surface area contributed by atoms with Crippen molar-refractivity contribution >= 4 is 11.4 Å². The van der Waals surface area contributed by atoms with E-state index in [4.69, 9.17) is 21.7 Å². The third kappa shape index (κ3) is 5.48. The van der Waals surface area contributed by atoms with Crippen molar-refractivity contribution in [2.75, 3.05) is 11.5 Å². The number of allylic oxidation sites excluding steroid dienone is 2. The fourth-order valence-corrected chi connectivity index (χ4v) is 2.58. The van der Waals surface area contributed by atoms with Gasteiger partial charge in [0.1, 0.15) is 0 Å². The van der Waals surface area contributed by atoms with Crippen LogP contribution in [0.25, 0.3) is 11.1 Å². The fourth-order valence-electron chi connectivity index (χ4n) is 2.58. The number of hydrogen-bond donors (Lipinski definition) is 4. The number of anilines is 2. The fraction of sp³-hybridized carbons (Fsp3) is 0.238. The SMILES string of the molecule is CCCC1=CCC(O)(O)C=C1.Nc1cccc(-c2ccccc2)c1N. The first-order valence-electron chi connectivity index (χ1n) is 8.45. The minimum atomic E-state index is -1.60. The lowest BCUT2D eigenvalue weighted by Crippen LogP contribution is -2.25. The van der Waals surface area contributed by atoms with Gasteiger partial charge in [0.25, 0.3) is 0 Å². The van der Waals surface area contributed by atoms with Gasteiger partial charge in [-0.25, -0.2) is 0 Å². The Labute approximate surface area is 149 Å². The van der Waals surface area contributed by atoms with Crippen molar-refractivity contribution in [1.82, 2.24) is 0 Å². The average Bonchev–Trinajstić information content (AvgIpc) is 2.61. The van der Waals surface area contributed by atoms with Crippen molar-refractivity contribution in [2.45, 2.75) is 32.0 Å². The van der Waals surface area contributed by atoms with Crippen LogP contribution in [0.15, 0.2) is 72.3 Å². The number of aliphatic hydroxyl groups is 2. The maximum atomic E-state index is 9.08. The lowest BCUT2D eigenvalue weighted by atomic mass is 9.99. The van der Waals surface area contributed by atoms with Crippen LogP contribution in [0.5, 0.6) is 0 Å². The van der Waals surface area contributed by atoms with Gasteiger partial charge in [-0.1, -0.05) is 73.5 Å². The van der Waals surface area contributed by atoms with Crippen molar-refractivity contribution in [3.05, 3.63) is 72.3 Å².